The van der Waals surface area contributed by atoms with Crippen molar-refractivity contribution in [3.8, 4) is 0 Å². The van der Waals surface area contributed by atoms with Crippen LogP contribution in [0.4, 0.5) is 10.1 Å². The third-order valence-electron chi connectivity index (χ3n) is 7.66. The Labute approximate surface area is 189 Å². The van der Waals surface area contributed by atoms with E-state index in [1.54, 1.807) is 12.1 Å². The van der Waals surface area contributed by atoms with Gasteiger partial charge in [0, 0.05) is 29.4 Å². The number of ketones is 1. The molecule has 164 valence electrons. The predicted octanol–water partition coefficient (Wildman–Crippen LogP) is 7.06. The van der Waals surface area contributed by atoms with Crippen LogP contribution in [0.25, 0.3) is 10.8 Å². The van der Waals surface area contributed by atoms with Crippen LogP contribution in [0.15, 0.2) is 72.4 Å². The van der Waals surface area contributed by atoms with E-state index in [2.05, 4.69) is 62.1 Å². The van der Waals surface area contributed by atoms with Gasteiger partial charge < -0.3 is 4.90 Å². The molecule has 3 heteroatoms. The summed E-state index contributed by atoms with van der Waals surface area (Å²) in [5.74, 6) is -0.107. The van der Waals surface area contributed by atoms with E-state index >= 15 is 0 Å². The number of halogens is 1. The van der Waals surface area contributed by atoms with Crippen LogP contribution in [0, 0.1) is 5.82 Å². The minimum atomic E-state index is -0.549. The average molecular weight is 428 g/mol. The molecule has 3 aromatic carbocycles. The first-order chi connectivity index (χ1) is 15.4. The fourth-order valence-electron chi connectivity index (χ4n) is 6.02. The van der Waals surface area contributed by atoms with Crippen LogP contribution in [-0.2, 0) is 15.6 Å². The molecule has 1 saturated carbocycles. The molecule has 1 aliphatic heterocycles. The molecule has 0 unspecified atom stereocenters. The monoisotopic (exact) mass is 427 g/mol. The first-order valence-electron chi connectivity index (χ1n) is 11.7. The molecule has 1 aliphatic carbocycles. The lowest BCUT2D eigenvalue weighted by Gasteiger charge is -2.30. The van der Waals surface area contributed by atoms with E-state index in [-0.39, 0.29) is 17.0 Å². The van der Waals surface area contributed by atoms with Gasteiger partial charge in [-0.25, -0.2) is 4.39 Å². The summed E-state index contributed by atoms with van der Waals surface area (Å²) in [6.45, 7) is 7.40. The normalized spacial score (nSPS) is 20.1. The zero-order valence-corrected chi connectivity index (χ0v) is 19.1. The molecule has 0 saturated heterocycles. The number of anilines is 1. The molecule has 1 heterocycles. The van der Waals surface area contributed by atoms with Gasteiger partial charge in [0.2, 0.25) is 0 Å². The quantitative estimate of drug-likeness (QED) is 0.415. The van der Waals surface area contributed by atoms with Crippen LogP contribution in [0.2, 0.25) is 0 Å². The minimum Gasteiger partial charge on any atom is -0.344 e. The van der Waals surface area contributed by atoms with Gasteiger partial charge in [-0.1, -0.05) is 69.2 Å². The minimum absolute atomic E-state index is 0.153. The van der Waals surface area contributed by atoms with Crippen molar-refractivity contribution in [3.05, 3.63) is 89.4 Å². The summed E-state index contributed by atoms with van der Waals surface area (Å²) < 4.78 is 13.6. The Morgan fingerprint density at radius 1 is 1.00 bits per heavy atom. The van der Waals surface area contributed by atoms with Gasteiger partial charge in [-0.05, 0) is 59.9 Å². The van der Waals surface area contributed by atoms with Gasteiger partial charge >= 0.3 is 0 Å². The van der Waals surface area contributed by atoms with Crippen molar-refractivity contribution in [1.82, 2.24) is 0 Å². The second-order valence-corrected chi connectivity index (χ2v) is 9.74. The van der Waals surface area contributed by atoms with E-state index in [0.29, 0.717) is 0 Å². The van der Waals surface area contributed by atoms with Crippen LogP contribution >= 0.6 is 0 Å². The first-order valence-corrected chi connectivity index (χ1v) is 11.7. The Morgan fingerprint density at radius 3 is 2.38 bits per heavy atom. The van der Waals surface area contributed by atoms with E-state index < -0.39 is 5.41 Å². The van der Waals surface area contributed by atoms with Crippen molar-refractivity contribution in [2.75, 3.05) is 11.4 Å². The molecule has 3 aromatic rings. The number of rotatable bonds is 4. The molecule has 5 rings (SSSR count). The third kappa shape index (κ3) is 3.02. The summed E-state index contributed by atoms with van der Waals surface area (Å²) in [6.07, 6.45) is 5.61. The van der Waals surface area contributed by atoms with Crippen molar-refractivity contribution < 1.29 is 9.18 Å². The fourth-order valence-corrected chi connectivity index (χ4v) is 6.02. The molecule has 32 heavy (non-hydrogen) atoms. The van der Waals surface area contributed by atoms with E-state index in [9.17, 15) is 9.18 Å². The van der Waals surface area contributed by atoms with Gasteiger partial charge in [-0.3, -0.25) is 4.79 Å². The molecule has 1 fully saturated rings. The Morgan fingerprint density at radius 2 is 1.69 bits per heavy atom. The highest BCUT2D eigenvalue weighted by Gasteiger charge is 2.45. The van der Waals surface area contributed by atoms with Gasteiger partial charge in [0.05, 0.1) is 5.41 Å². The van der Waals surface area contributed by atoms with Gasteiger partial charge in [-0.2, -0.15) is 0 Å². The predicted molar refractivity (Wildman–Crippen MR) is 130 cm³/mol. The number of hydrogen-bond acceptors (Lipinski definition) is 2. The van der Waals surface area contributed by atoms with Crippen LogP contribution < -0.4 is 4.90 Å². The van der Waals surface area contributed by atoms with Crippen molar-refractivity contribution in [1.29, 1.82) is 0 Å². The Hall–Kier alpha value is -2.94. The van der Waals surface area contributed by atoms with E-state index in [1.807, 2.05) is 6.08 Å². The molecule has 0 atom stereocenters. The molecule has 2 nitrogen and oxygen atoms in total. The smallest absolute Gasteiger partial charge is 0.167 e. The van der Waals surface area contributed by atoms with Crippen LogP contribution in [0.1, 0.15) is 57.6 Å². The maximum Gasteiger partial charge on any atom is 0.167 e. The number of carbonyl (C=O) groups is 1. The summed E-state index contributed by atoms with van der Waals surface area (Å²) in [7, 11) is 0. The molecule has 0 amide bonds. The average Bonchev–Trinajstić information content (AvgIpc) is 3.37. The number of fused-ring (bicyclic) bond motifs is 3. The van der Waals surface area contributed by atoms with Crippen LogP contribution in [-0.4, -0.2) is 12.3 Å². The fraction of sp³-hybridized carbons (Fsp3) is 0.345. The summed E-state index contributed by atoms with van der Waals surface area (Å²) in [6, 6.07) is 19.4. The topological polar surface area (TPSA) is 20.3 Å². The highest BCUT2D eigenvalue weighted by Crippen LogP contribution is 2.51. The molecular weight excluding hydrogens is 397 g/mol. The zero-order valence-electron chi connectivity index (χ0n) is 19.1. The lowest BCUT2D eigenvalue weighted by molar-refractivity contribution is -0.119. The molecule has 0 aromatic heterocycles. The number of benzene rings is 3. The number of likely N-dealkylation sites (N-methyl/N-ethyl adjacent to an activating group) is 1. The maximum absolute atomic E-state index is 14.0. The van der Waals surface area contributed by atoms with Crippen molar-refractivity contribution in [2.24, 2.45) is 0 Å². The lowest BCUT2D eigenvalue weighted by Crippen LogP contribution is -2.34. The highest BCUT2D eigenvalue weighted by atomic mass is 19.1. The number of allylic oxidation sites excluding steroid dienone is 2. The molecule has 0 N–H and O–H groups in total. The second-order valence-electron chi connectivity index (χ2n) is 9.74. The van der Waals surface area contributed by atoms with Gasteiger partial charge in [0.15, 0.2) is 5.78 Å². The summed E-state index contributed by atoms with van der Waals surface area (Å²) in [4.78, 5) is 16.3. The second kappa shape index (κ2) is 7.58. The summed E-state index contributed by atoms with van der Waals surface area (Å²) >= 11 is 0. The molecular formula is C29H30FNO. The molecule has 0 spiro atoms. The summed E-state index contributed by atoms with van der Waals surface area (Å²) in [5.41, 5.74) is 3.65. The van der Waals surface area contributed by atoms with Crippen molar-refractivity contribution in [3.63, 3.8) is 0 Å². The number of nitrogens with zero attached hydrogens (tertiary/aromatic N) is 1. The standard InChI is InChI=1S/C29H30FNO/c1-4-31-24-16-11-20-9-5-6-10-23(20)27(24)28(2,3)25(31)19-26(32)29(17-7-8-18-29)21-12-14-22(30)15-13-21/h5-6,9-16,19H,4,7-8,17-18H2,1-3H3. The Kier molecular flexibility index (Phi) is 4.96. The van der Waals surface area contributed by atoms with Gasteiger partial charge in [-0.15, -0.1) is 0 Å². The molecule has 0 bridgehead atoms. The lowest BCUT2D eigenvalue weighted by atomic mass is 9.73. The third-order valence-corrected chi connectivity index (χ3v) is 7.66. The van der Waals surface area contributed by atoms with Crippen molar-refractivity contribution >= 4 is 22.2 Å². The number of hydrogen-bond donors (Lipinski definition) is 0. The maximum atomic E-state index is 14.0. The van der Waals surface area contributed by atoms with Crippen molar-refractivity contribution in [2.45, 2.75) is 57.3 Å². The molecule has 2 aliphatic rings. The summed E-state index contributed by atoms with van der Waals surface area (Å²) in [5, 5.41) is 2.47. The van der Waals surface area contributed by atoms with Gasteiger partial charge in [0.1, 0.15) is 5.82 Å². The zero-order chi connectivity index (χ0) is 22.5. The number of carbonyl (C=O) groups excluding carboxylic acids is 1. The van der Waals surface area contributed by atoms with E-state index in [0.717, 1.165) is 43.5 Å². The Bertz CT molecular complexity index is 1220. The van der Waals surface area contributed by atoms with Crippen LogP contribution in [0.5, 0.6) is 0 Å². The van der Waals surface area contributed by atoms with Gasteiger partial charge in [0.25, 0.3) is 0 Å². The van der Waals surface area contributed by atoms with E-state index in [1.165, 1.54) is 34.2 Å². The Balaban J connectivity index is 1.64. The SMILES string of the molecule is CCN1C(=CC(=O)C2(c3ccc(F)cc3)CCCC2)C(C)(C)c2c1ccc1ccccc21. The highest BCUT2D eigenvalue weighted by molar-refractivity contribution is 6.02. The molecule has 0 radical (unpaired) electrons. The first kappa shape index (κ1) is 20.9. The largest absolute Gasteiger partial charge is 0.344 e. The van der Waals surface area contributed by atoms with Crippen LogP contribution in [0.3, 0.4) is 0 Å². The van der Waals surface area contributed by atoms with E-state index in [4.69, 9.17) is 0 Å².